The summed E-state index contributed by atoms with van der Waals surface area (Å²) in [6.07, 6.45) is 9.68. The summed E-state index contributed by atoms with van der Waals surface area (Å²) in [6.45, 7) is 0.671. The van der Waals surface area contributed by atoms with E-state index in [2.05, 4.69) is 15.0 Å². The largest absolute Gasteiger partial charge is 0.443 e. The highest BCUT2D eigenvalue weighted by atomic mass is 35.5. The van der Waals surface area contributed by atoms with Gasteiger partial charge >= 0.3 is 0 Å². The van der Waals surface area contributed by atoms with Crippen LogP contribution in [0.4, 0.5) is 0 Å². The van der Waals surface area contributed by atoms with Crippen LogP contribution < -0.4 is 0 Å². The van der Waals surface area contributed by atoms with Crippen LogP contribution in [0, 0.1) is 0 Å². The summed E-state index contributed by atoms with van der Waals surface area (Å²) >= 11 is 6.05. The highest BCUT2D eigenvalue weighted by Gasteiger charge is 2.32. The summed E-state index contributed by atoms with van der Waals surface area (Å²) < 4.78 is 6.00. The van der Waals surface area contributed by atoms with Crippen LogP contribution in [-0.2, 0) is 6.42 Å². The fourth-order valence-corrected chi connectivity index (χ4v) is 3.63. The molecule has 1 fully saturated rings. The molecule has 1 unspecified atom stereocenters. The number of amides is 1. The molecule has 0 saturated carbocycles. The Kier molecular flexibility index (Phi) is 5.16. The van der Waals surface area contributed by atoms with Crippen molar-refractivity contribution < 1.29 is 9.21 Å². The van der Waals surface area contributed by atoms with Crippen molar-refractivity contribution in [1.29, 1.82) is 0 Å². The van der Waals surface area contributed by atoms with Crippen molar-refractivity contribution in [2.24, 2.45) is 0 Å². The minimum atomic E-state index is -0.167. The first-order valence-corrected chi connectivity index (χ1v) is 9.33. The van der Waals surface area contributed by atoms with Gasteiger partial charge < -0.3 is 9.32 Å². The zero-order valence-electron chi connectivity index (χ0n) is 14.7. The number of hydrogen-bond acceptors (Lipinski definition) is 5. The molecule has 1 saturated heterocycles. The van der Waals surface area contributed by atoms with Gasteiger partial charge in [0.1, 0.15) is 18.1 Å². The topological polar surface area (TPSA) is 72.1 Å². The number of benzene rings is 1. The number of hydrogen-bond donors (Lipinski definition) is 0. The SMILES string of the molecule is O=C(c1cncnc1)N1CCCCC1c1ncc(Cc2cccc(Cl)c2)o1. The molecule has 3 aromatic rings. The van der Waals surface area contributed by atoms with E-state index in [0.29, 0.717) is 29.4 Å². The van der Waals surface area contributed by atoms with Crippen molar-refractivity contribution in [2.45, 2.75) is 31.7 Å². The van der Waals surface area contributed by atoms with E-state index in [0.717, 1.165) is 30.6 Å². The van der Waals surface area contributed by atoms with Crippen LogP contribution in [0.5, 0.6) is 0 Å². The van der Waals surface area contributed by atoms with Crippen LogP contribution in [0.3, 0.4) is 0 Å². The van der Waals surface area contributed by atoms with Crippen molar-refractivity contribution >= 4 is 17.5 Å². The first-order valence-electron chi connectivity index (χ1n) is 8.96. The number of halogens is 1. The molecule has 138 valence electrons. The minimum Gasteiger partial charge on any atom is -0.443 e. The second kappa shape index (κ2) is 7.88. The number of aromatic nitrogens is 3. The van der Waals surface area contributed by atoms with Gasteiger partial charge in [0.2, 0.25) is 5.89 Å². The highest BCUT2D eigenvalue weighted by molar-refractivity contribution is 6.30. The van der Waals surface area contributed by atoms with E-state index in [1.165, 1.54) is 6.33 Å². The summed E-state index contributed by atoms with van der Waals surface area (Å²) in [5.74, 6) is 1.25. The van der Waals surface area contributed by atoms with E-state index < -0.39 is 0 Å². The third-order valence-corrected chi connectivity index (χ3v) is 4.93. The van der Waals surface area contributed by atoms with Crippen LogP contribution in [0.15, 0.2) is 53.6 Å². The highest BCUT2D eigenvalue weighted by Crippen LogP contribution is 2.32. The smallest absolute Gasteiger partial charge is 0.257 e. The maximum Gasteiger partial charge on any atom is 0.257 e. The molecule has 4 rings (SSSR count). The summed E-state index contributed by atoms with van der Waals surface area (Å²) in [5.41, 5.74) is 1.54. The number of carbonyl (C=O) groups is 1. The molecule has 1 aliphatic rings. The molecule has 1 aromatic carbocycles. The lowest BCUT2D eigenvalue weighted by atomic mass is 10.0. The lowest BCUT2D eigenvalue weighted by molar-refractivity contribution is 0.0569. The molecule has 0 spiro atoms. The Labute approximate surface area is 162 Å². The van der Waals surface area contributed by atoms with Crippen LogP contribution in [-0.4, -0.2) is 32.3 Å². The first kappa shape index (κ1) is 17.7. The number of oxazole rings is 1. The fraction of sp³-hybridized carbons (Fsp3) is 0.300. The Morgan fingerprint density at radius 3 is 2.89 bits per heavy atom. The van der Waals surface area contributed by atoms with Gasteiger partial charge in [-0.2, -0.15) is 0 Å². The van der Waals surface area contributed by atoms with Gasteiger partial charge in [-0.15, -0.1) is 0 Å². The number of nitrogens with zero attached hydrogens (tertiary/aromatic N) is 4. The third kappa shape index (κ3) is 4.01. The number of likely N-dealkylation sites (tertiary alicyclic amines) is 1. The van der Waals surface area contributed by atoms with Crippen LogP contribution in [0.2, 0.25) is 5.02 Å². The van der Waals surface area contributed by atoms with E-state index >= 15 is 0 Å². The molecule has 27 heavy (non-hydrogen) atoms. The predicted octanol–water partition coefficient (Wildman–Crippen LogP) is 4.08. The van der Waals surface area contributed by atoms with E-state index in [-0.39, 0.29) is 11.9 Å². The van der Waals surface area contributed by atoms with Gasteiger partial charge in [0.25, 0.3) is 5.91 Å². The molecule has 1 atom stereocenters. The Morgan fingerprint density at radius 2 is 2.07 bits per heavy atom. The van der Waals surface area contributed by atoms with Crippen LogP contribution >= 0.6 is 11.6 Å². The van der Waals surface area contributed by atoms with Gasteiger partial charge in [-0.3, -0.25) is 4.79 Å². The summed E-state index contributed by atoms with van der Waals surface area (Å²) in [4.78, 5) is 27.1. The first-order chi connectivity index (χ1) is 13.2. The van der Waals surface area contributed by atoms with E-state index in [4.69, 9.17) is 16.0 Å². The van der Waals surface area contributed by atoms with Crippen molar-refractivity contribution in [3.05, 3.63) is 77.0 Å². The maximum atomic E-state index is 12.9. The third-order valence-electron chi connectivity index (χ3n) is 4.70. The monoisotopic (exact) mass is 382 g/mol. The van der Waals surface area contributed by atoms with E-state index in [1.807, 2.05) is 29.2 Å². The van der Waals surface area contributed by atoms with Crippen LogP contribution in [0.25, 0.3) is 0 Å². The average molecular weight is 383 g/mol. The summed E-state index contributed by atoms with van der Waals surface area (Å²) in [5, 5.41) is 0.696. The Bertz CT molecular complexity index is 928. The van der Waals surface area contributed by atoms with Gasteiger partial charge in [0.15, 0.2) is 0 Å². The number of carbonyl (C=O) groups excluding carboxylic acids is 1. The van der Waals surface area contributed by atoms with Crippen molar-refractivity contribution in [3.63, 3.8) is 0 Å². The summed E-state index contributed by atoms with van der Waals surface area (Å²) in [7, 11) is 0. The van der Waals surface area contributed by atoms with Gasteiger partial charge in [0, 0.05) is 30.4 Å². The second-order valence-corrected chi connectivity index (χ2v) is 7.05. The average Bonchev–Trinajstić information content (AvgIpc) is 3.16. The fourth-order valence-electron chi connectivity index (χ4n) is 3.41. The number of piperidine rings is 1. The molecule has 0 bridgehead atoms. The van der Waals surface area contributed by atoms with Crippen LogP contribution in [0.1, 0.15) is 52.9 Å². The molecule has 0 N–H and O–H groups in total. The quantitative estimate of drug-likeness (QED) is 0.679. The van der Waals surface area contributed by atoms with Gasteiger partial charge in [-0.25, -0.2) is 15.0 Å². The molecule has 0 radical (unpaired) electrons. The summed E-state index contributed by atoms with van der Waals surface area (Å²) in [6, 6.07) is 7.50. The van der Waals surface area contributed by atoms with Crippen molar-refractivity contribution in [3.8, 4) is 0 Å². The van der Waals surface area contributed by atoms with Crippen molar-refractivity contribution in [2.75, 3.05) is 6.54 Å². The molecule has 6 nitrogen and oxygen atoms in total. The Balaban J connectivity index is 1.54. The van der Waals surface area contributed by atoms with Crippen molar-refractivity contribution in [1.82, 2.24) is 19.9 Å². The number of rotatable bonds is 4. The molecule has 3 heterocycles. The molecule has 1 aliphatic heterocycles. The standard InChI is InChI=1S/C20H19ClN4O2/c21-16-5-3-4-14(8-16)9-17-12-24-19(27-17)18-6-1-2-7-25(18)20(26)15-10-22-13-23-11-15/h3-5,8,10-13,18H,1-2,6-7,9H2. The minimum absolute atomic E-state index is 0.0881. The zero-order chi connectivity index (χ0) is 18.6. The van der Waals surface area contributed by atoms with Gasteiger partial charge in [-0.1, -0.05) is 23.7 Å². The Hall–Kier alpha value is -2.73. The molecule has 7 heteroatoms. The normalized spacial score (nSPS) is 17.1. The second-order valence-electron chi connectivity index (χ2n) is 6.61. The maximum absolute atomic E-state index is 12.9. The predicted molar refractivity (Wildman–Crippen MR) is 100 cm³/mol. The van der Waals surface area contributed by atoms with E-state index in [9.17, 15) is 4.79 Å². The zero-order valence-corrected chi connectivity index (χ0v) is 15.5. The van der Waals surface area contributed by atoms with E-state index in [1.54, 1.807) is 18.6 Å². The van der Waals surface area contributed by atoms with Gasteiger partial charge in [0.05, 0.1) is 11.8 Å². The molecule has 0 aliphatic carbocycles. The Morgan fingerprint density at radius 1 is 1.22 bits per heavy atom. The lowest BCUT2D eigenvalue weighted by Crippen LogP contribution is -2.38. The van der Waals surface area contributed by atoms with Gasteiger partial charge in [-0.05, 0) is 37.0 Å². The molecule has 1 amide bonds. The molecular formula is C20H19ClN4O2. The lowest BCUT2D eigenvalue weighted by Gasteiger charge is -2.33. The molecule has 2 aromatic heterocycles. The molecular weight excluding hydrogens is 364 g/mol.